The highest BCUT2D eigenvalue weighted by molar-refractivity contribution is 6.30. The Balaban J connectivity index is 1.82. The van der Waals surface area contributed by atoms with Gasteiger partial charge in [0.15, 0.2) is 0 Å². The quantitative estimate of drug-likeness (QED) is 0.799. The minimum Gasteiger partial charge on any atom is -0.384 e. The smallest absolute Gasteiger partial charge is 0.0992 e. The Morgan fingerprint density at radius 2 is 1.70 bits per heavy atom. The van der Waals surface area contributed by atoms with Gasteiger partial charge in [0.05, 0.1) is 5.60 Å². The fourth-order valence-electron chi connectivity index (χ4n) is 2.12. The molecule has 0 heterocycles. The summed E-state index contributed by atoms with van der Waals surface area (Å²) in [6, 6.07) is 17.6. The Morgan fingerprint density at radius 1 is 1.05 bits per heavy atom. The fourth-order valence-corrected chi connectivity index (χ4v) is 2.25. The van der Waals surface area contributed by atoms with Crippen LogP contribution in [0, 0.1) is 0 Å². The average Bonchev–Trinajstić information content (AvgIpc) is 2.45. The van der Waals surface area contributed by atoms with E-state index in [1.807, 2.05) is 37.3 Å². The summed E-state index contributed by atoms with van der Waals surface area (Å²) in [6.45, 7) is 3.17. The topological polar surface area (TPSA) is 32.3 Å². The van der Waals surface area contributed by atoms with Crippen molar-refractivity contribution in [2.45, 2.75) is 18.9 Å². The zero-order valence-corrected chi connectivity index (χ0v) is 12.4. The molecule has 2 N–H and O–H groups in total. The molecule has 3 heteroatoms. The first-order valence-corrected chi connectivity index (χ1v) is 7.19. The molecule has 0 bridgehead atoms. The number of rotatable bonds is 6. The summed E-state index contributed by atoms with van der Waals surface area (Å²) < 4.78 is 0. The van der Waals surface area contributed by atoms with Crippen LogP contribution in [-0.4, -0.2) is 18.2 Å². The van der Waals surface area contributed by atoms with Crippen LogP contribution < -0.4 is 5.32 Å². The monoisotopic (exact) mass is 289 g/mol. The van der Waals surface area contributed by atoms with E-state index in [2.05, 4.69) is 17.4 Å². The molecule has 0 amide bonds. The Bertz CT molecular complexity index is 522. The minimum atomic E-state index is -0.888. The summed E-state index contributed by atoms with van der Waals surface area (Å²) in [5.74, 6) is 0. The summed E-state index contributed by atoms with van der Waals surface area (Å²) in [4.78, 5) is 0. The highest BCUT2D eigenvalue weighted by Gasteiger charge is 2.22. The van der Waals surface area contributed by atoms with E-state index in [9.17, 15) is 5.11 Å². The molecule has 1 atom stereocenters. The lowest BCUT2D eigenvalue weighted by Gasteiger charge is -2.24. The van der Waals surface area contributed by atoms with Gasteiger partial charge in [0.25, 0.3) is 0 Å². The molecule has 2 rings (SSSR count). The van der Waals surface area contributed by atoms with Crippen molar-refractivity contribution < 1.29 is 5.11 Å². The summed E-state index contributed by atoms with van der Waals surface area (Å²) in [7, 11) is 0. The van der Waals surface area contributed by atoms with E-state index in [0.717, 1.165) is 18.5 Å². The van der Waals surface area contributed by atoms with Crippen molar-refractivity contribution in [2.24, 2.45) is 0 Å². The predicted molar refractivity (Wildman–Crippen MR) is 84.0 cm³/mol. The van der Waals surface area contributed by atoms with Gasteiger partial charge in [-0.2, -0.15) is 0 Å². The van der Waals surface area contributed by atoms with E-state index in [4.69, 9.17) is 11.6 Å². The Morgan fingerprint density at radius 3 is 2.35 bits per heavy atom. The van der Waals surface area contributed by atoms with Crippen molar-refractivity contribution >= 4 is 11.6 Å². The molecule has 0 aliphatic carbocycles. The molecule has 0 spiro atoms. The number of aliphatic hydroxyl groups is 1. The van der Waals surface area contributed by atoms with Crippen LogP contribution in [0.5, 0.6) is 0 Å². The predicted octanol–water partition coefficient (Wildman–Crippen LogP) is 3.38. The third-order valence-electron chi connectivity index (χ3n) is 3.37. The molecule has 0 saturated carbocycles. The zero-order valence-electron chi connectivity index (χ0n) is 11.6. The number of benzene rings is 2. The van der Waals surface area contributed by atoms with E-state index in [1.54, 1.807) is 12.1 Å². The maximum Gasteiger partial charge on any atom is 0.0992 e. The van der Waals surface area contributed by atoms with E-state index < -0.39 is 5.60 Å². The van der Waals surface area contributed by atoms with Gasteiger partial charge in [0.1, 0.15) is 0 Å². The van der Waals surface area contributed by atoms with Crippen LogP contribution in [-0.2, 0) is 12.0 Å². The van der Waals surface area contributed by atoms with Crippen LogP contribution in [0.25, 0.3) is 0 Å². The molecule has 0 aromatic heterocycles. The van der Waals surface area contributed by atoms with Crippen LogP contribution in [0.15, 0.2) is 54.6 Å². The highest BCUT2D eigenvalue weighted by Crippen LogP contribution is 2.21. The van der Waals surface area contributed by atoms with Gasteiger partial charge < -0.3 is 10.4 Å². The highest BCUT2D eigenvalue weighted by atomic mass is 35.5. The van der Waals surface area contributed by atoms with Crippen molar-refractivity contribution in [2.75, 3.05) is 13.1 Å². The molecule has 2 aromatic rings. The maximum atomic E-state index is 10.5. The van der Waals surface area contributed by atoms with Crippen LogP contribution in [0.1, 0.15) is 18.1 Å². The van der Waals surface area contributed by atoms with E-state index in [-0.39, 0.29) is 0 Å². The summed E-state index contributed by atoms with van der Waals surface area (Å²) in [5, 5.41) is 14.5. The van der Waals surface area contributed by atoms with Gasteiger partial charge in [-0.05, 0) is 43.1 Å². The molecule has 2 aromatic carbocycles. The van der Waals surface area contributed by atoms with Gasteiger partial charge >= 0.3 is 0 Å². The molecule has 0 saturated heterocycles. The van der Waals surface area contributed by atoms with Gasteiger partial charge in [-0.15, -0.1) is 0 Å². The first-order valence-electron chi connectivity index (χ1n) is 6.81. The molecule has 2 nitrogen and oxygen atoms in total. The van der Waals surface area contributed by atoms with Crippen molar-refractivity contribution in [1.29, 1.82) is 0 Å². The fraction of sp³-hybridized carbons (Fsp3) is 0.294. The Labute approximate surface area is 125 Å². The standard InChI is InChI=1S/C17H20ClNO/c1-17(20,15-7-9-16(18)10-8-15)13-19-12-11-14-5-3-2-4-6-14/h2-10,19-20H,11-13H2,1H3/t17-/m0/s1. The normalized spacial score (nSPS) is 13.9. The molecule has 0 radical (unpaired) electrons. The van der Waals surface area contributed by atoms with Gasteiger partial charge in [-0.1, -0.05) is 54.1 Å². The maximum absolute atomic E-state index is 10.5. The van der Waals surface area contributed by atoms with Crippen LogP contribution in [0.3, 0.4) is 0 Å². The van der Waals surface area contributed by atoms with Gasteiger partial charge in [-0.3, -0.25) is 0 Å². The van der Waals surface area contributed by atoms with Crippen LogP contribution >= 0.6 is 11.6 Å². The summed E-state index contributed by atoms with van der Waals surface area (Å²) in [5.41, 5.74) is 1.28. The van der Waals surface area contributed by atoms with Crippen LogP contribution in [0.2, 0.25) is 5.02 Å². The lowest BCUT2D eigenvalue weighted by molar-refractivity contribution is 0.0573. The SMILES string of the molecule is C[C@](O)(CNCCc1ccccc1)c1ccc(Cl)cc1. The largest absolute Gasteiger partial charge is 0.384 e. The van der Waals surface area contributed by atoms with E-state index in [0.29, 0.717) is 11.6 Å². The van der Waals surface area contributed by atoms with E-state index in [1.165, 1.54) is 5.56 Å². The minimum absolute atomic E-state index is 0.515. The summed E-state index contributed by atoms with van der Waals surface area (Å²) in [6.07, 6.45) is 0.956. The second-order valence-corrected chi connectivity index (χ2v) is 5.63. The molecule has 0 aliphatic heterocycles. The molecule has 0 unspecified atom stereocenters. The third kappa shape index (κ3) is 4.34. The lowest BCUT2D eigenvalue weighted by atomic mass is 9.96. The number of hydrogen-bond acceptors (Lipinski definition) is 2. The summed E-state index contributed by atoms with van der Waals surface area (Å²) >= 11 is 5.86. The van der Waals surface area contributed by atoms with Gasteiger partial charge in [-0.25, -0.2) is 0 Å². The number of hydrogen-bond donors (Lipinski definition) is 2. The van der Waals surface area contributed by atoms with Crippen molar-refractivity contribution in [1.82, 2.24) is 5.32 Å². The first kappa shape index (κ1) is 15.0. The molecular formula is C17H20ClNO. The zero-order chi connectivity index (χ0) is 14.4. The van der Waals surface area contributed by atoms with Crippen molar-refractivity contribution in [3.63, 3.8) is 0 Å². The van der Waals surface area contributed by atoms with Gasteiger partial charge in [0.2, 0.25) is 0 Å². The average molecular weight is 290 g/mol. The Hall–Kier alpha value is -1.35. The van der Waals surface area contributed by atoms with Gasteiger partial charge in [0, 0.05) is 11.6 Å². The van der Waals surface area contributed by atoms with Crippen LogP contribution in [0.4, 0.5) is 0 Å². The first-order chi connectivity index (χ1) is 9.58. The molecule has 106 valence electrons. The lowest BCUT2D eigenvalue weighted by Crippen LogP contribution is -2.36. The van der Waals surface area contributed by atoms with Crippen molar-refractivity contribution in [3.05, 3.63) is 70.7 Å². The second kappa shape index (κ2) is 6.89. The molecular weight excluding hydrogens is 270 g/mol. The van der Waals surface area contributed by atoms with Crippen molar-refractivity contribution in [3.8, 4) is 0 Å². The van der Waals surface area contributed by atoms with E-state index >= 15 is 0 Å². The Kier molecular flexibility index (Phi) is 5.18. The molecule has 0 aliphatic rings. The third-order valence-corrected chi connectivity index (χ3v) is 3.62. The molecule has 0 fully saturated rings. The second-order valence-electron chi connectivity index (χ2n) is 5.19. The number of halogens is 1. The molecule has 20 heavy (non-hydrogen) atoms. The number of nitrogens with one attached hydrogen (secondary N) is 1.